The van der Waals surface area contributed by atoms with E-state index in [1.165, 1.54) is 0 Å². The predicted octanol–water partition coefficient (Wildman–Crippen LogP) is 2.51. The molecule has 0 atom stereocenters. The summed E-state index contributed by atoms with van der Waals surface area (Å²) in [4.78, 5) is 27.1. The molecule has 5 heteroatoms. The summed E-state index contributed by atoms with van der Waals surface area (Å²) in [5.41, 5.74) is 3.65. The Balaban J connectivity index is 1.66. The number of carbonyl (C=O) groups is 1. The molecule has 0 aliphatic carbocycles. The van der Waals surface area contributed by atoms with Crippen molar-refractivity contribution >= 4 is 5.91 Å². The standard InChI is InChI=1S/C17H20N4O/c1-12-3-4-16(20-13(12)2)17(22)21-9-6-14(7-10-21)15-5-8-18-11-19-15/h3-5,8,11,14H,6-7,9-10H2,1-2H3. The molecule has 22 heavy (non-hydrogen) atoms. The molecule has 5 nitrogen and oxygen atoms in total. The number of aromatic nitrogens is 3. The zero-order valence-electron chi connectivity index (χ0n) is 13.0. The van der Waals surface area contributed by atoms with E-state index in [4.69, 9.17) is 0 Å². The van der Waals surface area contributed by atoms with Gasteiger partial charge in [-0.2, -0.15) is 0 Å². The quantitative estimate of drug-likeness (QED) is 0.854. The first-order valence-electron chi connectivity index (χ1n) is 7.64. The van der Waals surface area contributed by atoms with Gasteiger partial charge in [0.1, 0.15) is 12.0 Å². The Labute approximate surface area is 130 Å². The number of nitrogens with zero attached hydrogens (tertiary/aromatic N) is 4. The Kier molecular flexibility index (Phi) is 4.13. The molecule has 1 saturated heterocycles. The smallest absolute Gasteiger partial charge is 0.272 e. The maximum absolute atomic E-state index is 12.5. The molecule has 1 amide bonds. The number of pyridine rings is 1. The fourth-order valence-electron chi connectivity index (χ4n) is 2.83. The summed E-state index contributed by atoms with van der Waals surface area (Å²) in [6.45, 7) is 5.45. The number of aryl methyl sites for hydroxylation is 2. The minimum absolute atomic E-state index is 0.0317. The zero-order valence-corrected chi connectivity index (χ0v) is 13.0. The normalized spacial score (nSPS) is 15.8. The number of piperidine rings is 1. The van der Waals surface area contributed by atoms with E-state index in [-0.39, 0.29) is 5.91 Å². The second kappa shape index (κ2) is 6.22. The van der Waals surface area contributed by atoms with Crippen LogP contribution in [-0.4, -0.2) is 38.8 Å². The first kappa shape index (κ1) is 14.6. The number of rotatable bonds is 2. The van der Waals surface area contributed by atoms with E-state index in [0.29, 0.717) is 11.6 Å². The first-order valence-corrected chi connectivity index (χ1v) is 7.64. The molecule has 2 aromatic rings. The molecule has 3 rings (SSSR count). The van der Waals surface area contributed by atoms with Gasteiger partial charge in [0.15, 0.2) is 0 Å². The third-order valence-corrected chi connectivity index (χ3v) is 4.37. The molecule has 0 spiro atoms. The second-order valence-electron chi connectivity index (χ2n) is 5.80. The van der Waals surface area contributed by atoms with E-state index in [0.717, 1.165) is 42.9 Å². The zero-order chi connectivity index (χ0) is 15.5. The van der Waals surface area contributed by atoms with Gasteiger partial charge in [0.05, 0.1) is 0 Å². The van der Waals surface area contributed by atoms with Gasteiger partial charge in [-0.05, 0) is 44.4 Å². The van der Waals surface area contributed by atoms with Crippen molar-refractivity contribution in [2.24, 2.45) is 0 Å². The Bertz CT molecular complexity index is 664. The second-order valence-corrected chi connectivity index (χ2v) is 5.80. The fourth-order valence-corrected chi connectivity index (χ4v) is 2.83. The van der Waals surface area contributed by atoms with Gasteiger partial charge in [-0.15, -0.1) is 0 Å². The number of amides is 1. The van der Waals surface area contributed by atoms with Gasteiger partial charge in [-0.1, -0.05) is 6.07 Å². The van der Waals surface area contributed by atoms with Crippen LogP contribution < -0.4 is 0 Å². The Morgan fingerprint density at radius 1 is 1.18 bits per heavy atom. The molecule has 0 aromatic carbocycles. The SMILES string of the molecule is Cc1ccc(C(=O)N2CCC(c3ccncn3)CC2)nc1C. The number of likely N-dealkylation sites (tertiary alicyclic amines) is 1. The number of carbonyl (C=O) groups excluding carboxylic acids is 1. The lowest BCUT2D eigenvalue weighted by molar-refractivity contribution is 0.0706. The van der Waals surface area contributed by atoms with Gasteiger partial charge >= 0.3 is 0 Å². The van der Waals surface area contributed by atoms with Crippen molar-refractivity contribution in [3.8, 4) is 0 Å². The third-order valence-electron chi connectivity index (χ3n) is 4.37. The average molecular weight is 296 g/mol. The van der Waals surface area contributed by atoms with Gasteiger partial charge < -0.3 is 4.90 Å². The van der Waals surface area contributed by atoms with E-state index in [2.05, 4.69) is 15.0 Å². The lowest BCUT2D eigenvalue weighted by Gasteiger charge is -2.31. The summed E-state index contributed by atoms with van der Waals surface area (Å²) >= 11 is 0. The van der Waals surface area contributed by atoms with Crippen LogP contribution >= 0.6 is 0 Å². The van der Waals surface area contributed by atoms with Crippen molar-refractivity contribution in [3.63, 3.8) is 0 Å². The maximum atomic E-state index is 12.5. The average Bonchev–Trinajstić information content (AvgIpc) is 2.58. The van der Waals surface area contributed by atoms with E-state index in [9.17, 15) is 4.79 Å². The van der Waals surface area contributed by atoms with Crippen molar-refractivity contribution in [1.82, 2.24) is 19.9 Å². The van der Waals surface area contributed by atoms with E-state index in [1.54, 1.807) is 12.5 Å². The van der Waals surface area contributed by atoms with Crippen LogP contribution in [-0.2, 0) is 0 Å². The summed E-state index contributed by atoms with van der Waals surface area (Å²) < 4.78 is 0. The molecule has 3 heterocycles. The van der Waals surface area contributed by atoms with Crippen molar-refractivity contribution in [1.29, 1.82) is 0 Å². The topological polar surface area (TPSA) is 59.0 Å². The summed E-state index contributed by atoms with van der Waals surface area (Å²) in [6.07, 6.45) is 5.24. The predicted molar refractivity (Wildman–Crippen MR) is 83.6 cm³/mol. The molecular formula is C17H20N4O. The minimum Gasteiger partial charge on any atom is -0.337 e. The number of hydrogen-bond acceptors (Lipinski definition) is 4. The highest BCUT2D eigenvalue weighted by Gasteiger charge is 2.25. The van der Waals surface area contributed by atoms with Crippen molar-refractivity contribution in [2.75, 3.05) is 13.1 Å². The number of hydrogen-bond donors (Lipinski definition) is 0. The molecular weight excluding hydrogens is 276 g/mol. The minimum atomic E-state index is 0.0317. The highest BCUT2D eigenvalue weighted by Crippen LogP contribution is 2.26. The van der Waals surface area contributed by atoms with Crippen LogP contribution in [0.2, 0.25) is 0 Å². The molecule has 0 bridgehead atoms. The van der Waals surface area contributed by atoms with Gasteiger partial charge in [0.2, 0.25) is 0 Å². The van der Waals surface area contributed by atoms with E-state index in [1.807, 2.05) is 36.9 Å². The third kappa shape index (κ3) is 2.98. The molecule has 2 aromatic heterocycles. The van der Waals surface area contributed by atoms with Gasteiger partial charge in [0, 0.05) is 36.6 Å². The molecule has 0 unspecified atom stereocenters. The molecule has 1 aliphatic heterocycles. The summed E-state index contributed by atoms with van der Waals surface area (Å²) in [5.74, 6) is 0.448. The highest BCUT2D eigenvalue weighted by atomic mass is 16.2. The highest BCUT2D eigenvalue weighted by molar-refractivity contribution is 5.92. The monoisotopic (exact) mass is 296 g/mol. The van der Waals surface area contributed by atoms with Crippen LogP contribution in [0.25, 0.3) is 0 Å². The Hall–Kier alpha value is -2.30. The Morgan fingerprint density at radius 3 is 2.59 bits per heavy atom. The fraction of sp³-hybridized carbons (Fsp3) is 0.412. The summed E-state index contributed by atoms with van der Waals surface area (Å²) in [6, 6.07) is 5.75. The lowest BCUT2D eigenvalue weighted by Crippen LogP contribution is -2.38. The van der Waals surface area contributed by atoms with E-state index >= 15 is 0 Å². The Morgan fingerprint density at radius 2 is 1.95 bits per heavy atom. The molecule has 1 fully saturated rings. The van der Waals surface area contributed by atoms with Crippen LogP contribution in [0.3, 0.4) is 0 Å². The molecule has 0 N–H and O–H groups in total. The first-order chi connectivity index (χ1) is 10.6. The van der Waals surface area contributed by atoms with Gasteiger partial charge in [-0.25, -0.2) is 15.0 Å². The summed E-state index contributed by atoms with van der Waals surface area (Å²) in [5, 5.41) is 0. The van der Waals surface area contributed by atoms with Crippen LogP contribution in [0.5, 0.6) is 0 Å². The van der Waals surface area contributed by atoms with Crippen LogP contribution in [0.15, 0.2) is 30.7 Å². The van der Waals surface area contributed by atoms with Crippen LogP contribution in [0.1, 0.15) is 46.2 Å². The van der Waals surface area contributed by atoms with Gasteiger partial charge in [0.25, 0.3) is 5.91 Å². The summed E-state index contributed by atoms with van der Waals surface area (Å²) in [7, 11) is 0. The molecule has 1 aliphatic rings. The van der Waals surface area contributed by atoms with Crippen molar-refractivity contribution in [2.45, 2.75) is 32.6 Å². The van der Waals surface area contributed by atoms with Crippen molar-refractivity contribution < 1.29 is 4.79 Å². The van der Waals surface area contributed by atoms with Crippen LogP contribution in [0.4, 0.5) is 0 Å². The largest absolute Gasteiger partial charge is 0.337 e. The molecule has 114 valence electrons. The van der Waals surface area contributed by atoms with E-state index < -0.39 is 0 Å². The van der Waals surface area contributed by atoms with Gasteiger partial charge in [-0.3, -0.25) is 4.79 Å². The molecule has 0 radical (unpaired) electrons. The van der Waals surface area contributed by atoms with Crippen LogP contribution in [0, 0.1) is 13.8 Å². The lowest BCUT2D eigenvalue weighted by atomic mass is 9.93. The molecule has 0 saturated carbocycles. The van der Waals surface area contributed by atoms with Crippen molar-refractivity contribution in [3.05, 3.63) is 53.4 Å². The maximum Gasteiger partial charge on any atom is 0.272 e.